The highest BCUT2D eigenvalue weighted by atomic mass is 19.4. The molecule has 0 aliphatic heterocycles. The number of ether oxygens (including phenoxy) is 1. The van der Waals surface area contributed by atoms with Crippen LogP contribution in [-0.4, -0.2) is 5.91 Å². The number of carbonyl (C=O) groups is 1. The molecule has 0 saturated carbocycles. The van der Waals surface area contributed by atoms with Gasteiger partial charge >= 0.3 is 6.18 Å². The predicted molar refractivity (Wildman–Crippen MR) is 84.4 cm³/mol. The molecule has 128 valence electrons. The highest BCUT2D eigenvalue weighted by molar-refractivity contribution is 5.75. The van der Waals surface area contributed by atoms with Crippen molar-refractivity contribution in [3.05, 3.63) is 65.2 Å². The molecule has 2 aromatic rings. The number of benzene rings is 2. The molecule has 0 radical (unpaired) electrons. The Kier molecular flexibility index (Phi) is 5.84. The highest BCUT2D eigenvalue weighted by Gasteiger charge is 2.29. The van der Waals surface area contributed by atoms with Gasteiger partial charge in [0, 0.05) is 13.0 Å². The Morgan fingerprint density at radius 1 is 1.00 bits per heavy atom. The van der Waals surface area contributed by atoms with Crippen molar-refractivity contribution in [3.8, 4) is 5.75 Å². The van der Waals surface area contributed by atoms with Crippen molar-refractivity contribution in [2.24, 2.45) is 0 Å². The van der Waals surface area contributed by atoms with E-state index in [0.29, 0.717) is 24.3 Å². The summed E-state index contributed by atoms with van der Waals surface area (Å²) in [6, 6.07) is 12.1. The second-order valence-corrected chi connectivity index (χ2v) is 5.26. The van der Waals surface area contributed by atoms with Crippen molar-refractivity contribution in [1.29, 1.82) is 0 Å². The maximum atomic E-state index is 12.5. The number of hydrogen-bond donors (Lipinski definition) is 1. The predicted octanol–water partition coefficient (Wildman–Crippen LogP) is 4.31. The molecule has 2 aromatic carbocycles. The molecular formula is C18H18F3NO2. The minimum Gasteiger partial charge on any atom is -0.489 e. The second kappa shape index (κ2) is 7.86. The summed E-state index contributed by atoms with van der Waals surface area (Å²) in [5.74, 6) is 0.595. The minimum absolute atomic E-state index is 0.0161. The first kappa shape index (κ1) is 17.8. The van der Waals surface area contributed by atoms with Gasteiger partial charge in [-0.25, -0.2) is 0 Å². The van der Waals surface area contributed by atoms with E-state index in [-0.39, 0.29) is 12.5 Å². The molecule has 1 N–H and O–H groups in total. The maximum Gasteiger partial charge on any atom is 0.416 e. The normalized spacial score (nSPS) is 11.2. The number of amides is 1. The van der Waals surface area contributed by atoms with Crippen LogP contribution in [0.15, 0.2) is 48.5 Å². The van der Waals surface area contributed by atoms with Gasteiger partial charge in [-0.05, 0) is 35.4 Å². The maximum absolute atomic E-state index is 12.5. The zero-order chi connectivity index (χ0) is 17.6. The third-order valence-electron chi connectivity index (χ3n) is 3.42. The zero-order valence-corrected chi connectivity index (χ0v) is 13.2. The third kappa shape index (κ3) is 5.30. The fourth-order valence-electron chi connectivity index (χ4n) is 1.99. The van der Waals surface area contributed by atoms with E-state index in [1.807, 2.05) is 12.1 Å². The van der Waals surface area contributed by atoms with Gasteiger partial charge in [0.2, 0.25) is 5.91 Å². The van der Waals surface area contributed by atoms with E-state index < -0.39 is 11.7 Å². The first-order chi connectivity index (χ1) is 11.4. The molecule has 0 saturated heterocycles. The fraction of sp³-hybridized carbons (Fsp3) is 0.278. The molecule has 0 heterocycles. The van der Waals surface area contributed by atoms with Crippen LogP contribution >= 0.6 is 0 Å². The highest BCUT2D eigenvalue weighted by Crippen LogP contribution is 2.29. The lowest BCUT2D eigenvalue weighted by Crippen LogP contribution is -2.21. The summed E-state index contributed by atoms with van der Waals surface area (Å²) in [7, 11) is 0. The van der Waals surface area contributed by atoms with Crippen molar-refractivity contribution < 1.29 is 22.7 Å². The average molecular weight is 337 g/mol. The Labute approximate surface area is 138 Å². The number of rotatable bonds is 6. The summed E-state index contributed by atoms with van der Waals surface area (Å²) in [5, 5.41) is 2.77. The summed E-state index contributed by atoms with van der Waals surface area (Å²) in [5.41, 5.74) is 0.922. The van der Waals surface area contributed by atoms with E-state index in [0.717, 1.165) is 17.7 Å². The van der Waals surface area contributed by atoms with Crippen molar-refractivity contribution in [3.63, 3.8) is 0 Å². The SMILES string of the molecule is CCC(=O)NCc1ccc(OCc2ccc(C(F)(F)F)cc2)cc1. The summed E-state index contributed by atoms with van der Waals surface area (Å²) in [4.78, 5) is 11.2. The lowest BCUT2D eigenvalue weighted by Gasteiger charge is -2.10. The largest absolute Gasteiger partial charge is 0.489 e. The number of hydrogen-bond acceptors (Lipinski definition) is 2. The molecule has 6 heteroatoms. The molecule has 0 aromatic heterocycles. The van der Waals surface area contributed by atoms with Crippen LogP contribution in [-0.2, 0) is 24.1 Å². The molecule has 0 atom stereocenters. The van der Waals surface area contributed by atoms with Crippen LogP contribution in [0.25, 0.3) is 0 Å². The van der Waals surface area contributed by atoms with Crippen LogP contribution in [0.2, 0.25) is 0 Å². The van der Waals surface area contributed by atoms with Crippen molar-refractivity contribution >= 4 is 5.91 Å². The fourth-order valence-corrected chi connectivity index (χ4v) is 1.99. The third-order valence-corrected chi connectivity index (χ3v) is 3.42. The first-order valence-electron chi connectivity index (χ1n) is 7.53. The molecule has 0 aliphatic rings. The number of nitrogens with one attached hydrogen (secondary N) is 1. The Morgan fingerprint density at radius 2 is 1.58 bits per heavy atom. The number of carbonyl (C=O) groups excluding carboxylic acids is 1. The van der Waals surface area contributed by atoms with E-state index >= 15 is 0 Å². The summed E-state index contributed by atoms with van der Waals surface area (Å²) >= 11 is 0. The molecule has 24 heavy (non-hydrogen) atoms. The molecule has 1 amide bonds. The minimum atomic E-state index is -4.33. The Bertz CT molecular complexity index is 664. The van der Waals surface area contributed by atoms with Crippen LogP contribution in [0.4, 0.5) is 13.2 Å². The average Bonchev–Trinajstić information content (AvgIpc) is 2.58. The second-order valence-electron chi connectivity index (χ2n) is 5.26. The van der Waals surface area contributed by atoms with E-state index in [9.17, 15) is 18.0 Å². The van der Waals surface area contributed by atoms with Gasteiger partial charge in [0.25, 0.3) is 0 Å². The molecule has 0 fully saturated rings. The lowest BCUT2D eigenvalue weighted by atomic mass is 10.1. The van der Waals surface area contributed by atoms with Crippen molar-refractivity contribution in [1.82, 2.24) is 5.32 Å². The van der Waals surface area contributed by atoms with Crippen LogP contribution in [0, 0.1) is 0 Å². The van der Waals surface area contributed by atoms with E-state index in [4.69, 9.17) is 4.74 Å². The number of alkyl halides is 3. The monoisotopic (exact) mass is 337 g/mol. The Hall–Kier alpha value is -2.50. The van der Waals surface area contributed by atoms with E-state index in [1.165, 1.54) is 12.1 Å². The molecular weight excluding hydrogens is 319 g/mol. The van der Waals surface area contributed by atoms with E-state index in [2.05, 4.69) is 5.32 Å². The lowest BCUT2D eigenvalue weighted by molar-refractivity contribution is -0.137. The van der Waals surface area contributed by atoms with Crippen LogP contribution in [0.5, 0.6) is 5.75 Å². The van der Waals surface area contributed by atoms with Crippen LogP contribution < -0.4 is 10.1 Å². The zero-order valence-electron chi connectivity index (χ0n) is 13.2. The Balaban J connectivity index is 1.87. The van der Waals surface area contributed by atoms with Crippen molar-refractivity contribution in [2.75, 3.05) is 0 Å². The summed E-state index contributed by atoms with van der Waals surface area (Å²) in [6.45, 7) is 2.42. The molecule has 0 bridgehead atoms. The van der Waals surface area contributed by atoms with Gasteiger partial charge in [-0.1, -0.05) is 31.2 Å². The standard InChI is InChI=1S/C18H18F3NO2/c1-2-17(23)22-11-13-5-9-16(10-6-13)24-12-14-3-7-15(8-4-14)18(19,20)21/h3-10H,2,11-12H2,1H3,(H,22,23). The summed E-state index contributed by atoms with van der Waals surface area (Å²) in [6.07, 6.45) is -3.89. The van der Waals surface area contributed by atoms with Crippen LogP contribution in [0.1, 0.15) is 30.0 Å². The molecule has 0 spiro atoms. The quantitative estimate of drug-likeness (QED) is 0.853. The number of halogens is 3. The van der Waals surface area contributed by atoms with Gasteiger partial charge in [-0.3, -0.25) is 4.79 Å². The topological polar surface area (TPSA) is 38.3 Å². The van der Waals surface area contributed by atoms with Gasteiger partial charge in [-0.15, -0.1) is 0 Å². The molecule has 2 rings (SSSR count). The first-order valence-corrected chi connectivity index (χ1v) is 7.53. The molecule has 3 nitrogen and oxygen atoms in total. The smallest absolute Gasteiger partial charge is 0.416 e. The van der Waals surface area contributed by atoms with Gasteiger partial charge in [-0.2, -0.15) is 13.2 Å². The molecule has 0 unspecified atom stereocenters. The summed E-state index contributed by atoms with van der Waals surface area (Å²) < 4.78 is 43.0. The van der Waals surface area contributed by atoms with Gasteiger partial charge in [0.1, 0.15) is 12.4 Å². The molecule has 0 aliphatic carbocycles. The van der Waals surface area contributed by atoms with Gasteiger partial charge in [0.05, 0.1) is 5.56 Å². The van der Waals surface area contributed by atoms with Crippen LogP contribution in [0.3, 0.4) is 0 Å². The van der Waals surface area contributed by atoms with Gasteiger partial charge < -0.3 is 10.1 Å². The van der Waals surface area contributed by atoms with Gasteiger partial charge in [0.15, 0.2) is 0 Å². The van der Waals surface area contributed by atoms with Crippen molar-refractivity contribution in [2.45, 2.75) is 32.7 Å². The Morgan fingerprint density at radius 3 is 2.12 bits per heavy atom. The van der Waals surface area contributed by atoms with E-state index in [1.54, 1.807) is 19.1 Å².